The predicted octanol–water partition coefficient (Wildman–Crippen LogP) is 0.228. The van der Waals surface area contributed by atoms with Crippen LogP contribution in [-0.4, -0.2) is 41.0 Å². The van der Waals surface area contributed by atoms with Crippen LogP contribution in [0.2, 0.25) is 0 Å². The maximum Gasteiger partial charge on any atom is 0.287 e. The summed E-state index contributed by atoms with van der Waals surface area (Å²) in [5.41, 5.74) is 0.0728. The van der Waals surface area contributed by atoms with Crippen molar-refractivity contribution in [3.05, 3.63) is 39.9 Å². The maximum atomic E-state index is 11.9. The third-order valence-corrected chi connectivity index (χ3v) is 2.84. The molecule has 1 atom stereocenters. The van der Waals surface area contributed by atoms with Gasteiger partial charge in [-0.1, -0.05) is 0 Å². The highest BCUT2D eigenvalue weighted by atomic mass is 16.6. The van der Waals surface area contributed by atoms with Crippen molar-refractivity contribution in [2.75, 3.05) is 20.2 Å². The second kappa shape index (κ2) is 4.35. The average molecular weight is 252 g/mol. The Hall–Kier alpha value is -1.99. The molecule has 0 aliphatic carbocycles. The molecule has 1 aromatic carbocycles. The van der Waals surface area contributed by atoms with E-state index in [-0.39, 0.29) is 17.9 Å². The minimum absolute atomic E-state index is 0.112. The molecule has 0 spiro atoms. The Morgan fingerprint density at radius 2 is 2.06 bits per heavy atom. The van der Waals surface area contributed by atoms with Crippen LogP contribution in [0.25, 0.3) is 0 Å². The summed E-state index contributed by atoms with van der Waals surface area (Å²) in [5.74, 6) is -2.63. The molecular weight excluding hydrogens is 240 g/mol. The van der Waals surface area contributed by atoms with Crippen LogP contribution in [0.15, 0.2) is 24.3 Å². The number of amides is 1. The highest BCUT2D eigenvalue weighted by Crippen LogP contribution is 2.29. The molecule has 1 aliphatic rings. The van der Waals surface area contributed by atoms with Crippen molar-refractivity contribution in [2.24, 2.45) is 0 Å². The summed E-state index contributed by atoms with van der Waals surface area (Å²) in [6.45, 7) is 0.601. The predicted molar refractivity (Wildman–Crippen MR) is 60.6 cm³/mol. The molecule has 2 rings (SSSR count). The van der Waals surface area contributed by atoms with Gasteiger partial charge in [-0.15, -0.1) is 0 Å². The number of morpholine rings is 1. The lowest BCUT2D eigenvalue weighted by molar-refractivity contribution is -0.384. The second-order valence-electron chi connectivity index (χ2n) is 4.02. The first-order valence-electron chi connectivity index (χ1n) is 5.32. The van der Waals surface area contributed by atoms with Crippen LogP contribution >= 0.6 is 0 Å². The summed E-state index contributed by atoms with van der Waals surface area (Å²) in [4.78, 5) is 23.2. The number of nitro benzene ring substituents is 1. The van der Waals surface area contributed by atoms with Crippen LogP contribution in [0.5, 0.6) is 0 Å². The van der Waals surface area contributed by atoms with Crippen LogP contribution in [-0.2, 0) is 15.3 Å². The fourth-order valence-corrected chi connectivity index (χ4v) is 1.77. The number of carbonyl (C=O) groups is 1. The number of hydrogen-bond donors (Lipinski definition) is 1. The van der Waals surface area contributed by atoms with Gasteiger partial charge in [0.2, 0.25) is 0 Å². The van der Waals surface area contributed by atoms with Crippen molar-refractivity contribution in [3.8, 4) is 0 Å². The summed E-state index contributed by atoms with van der Waals surface area (Å²) in [5, 5.41) is 20.7. The van der Waals surface area contributed by atoms with Crippen molar-refractivity contribution >= 4 is 11.6 Å². The SMILES string of the molecule is CN1CCOC(O)(c2ccc([N+](=O)[O-])cc2)C1=O. The van der Waals surface area contributed by atoms with Crippen LogP contribution in [0.1, 0.15) is 5.56 Å². The molecule has 1 amide bonds. The molecular formula is C11H12N2O5. The van der Waals surface area contributed by atoms with Gasteiger partial charge < -0.3 is 14.7 Å². The first kappa shape index (κ1) is 12.5. The standard InChI is InChI=1S/C11H12N2O5/c1-12-6-7-18-11(15,10(12)14)8-2-4-9(5-3-8)13(16)17/h2-5,15H,6-7H2,1H3. The number of hydrogen-bond acceptors (Lipinski definition) is 5. The van der Waals surface area contributed by atoms with Crippen molar-refractivity contribution in [3.63, 3.8) is 0 Å². The van der Waals surface area contributed by atoms with Gasteiger partial charge in [-0.2, -0.15) is 0 Å². The summed E-state index contributed by atoms with van der Waals surface area (Å²) >= 11 is 0. The fourth-order valence-electron chi connectivity index (χ4n) is 1.77. The zero-order valence-electron chi connectivity index (χ0n) is 9.70. The van der Waals surface area contributed by atoms with Gasteiger partial charge in [-0.3, -0.25) is 14.9 Å². The molecule has 1 aromatic rings. The highest BCUT2D eigenvalue weighted by molar-refractivity contribution is 5.85. The zero-order valence-corrected chi connectivity index (χ0v) is 9.70. The number of non-ortho nitro benzene ring substituents is 1. The second-order valence-corrected chi connectivity index (χ2v) is 4.02. The first-order chi connectivity index (χ1) is 8.45. The molecule has 1 aliphatic heterocycles. The number of nitrogens with zero attached hydrogens (tertiary/aromatic N) is 2. The Morgan fingerprint density at radius 1 is 1.44 bits per heavy atom. The highest BCUT2D eigenvalue weighted by Gasteiger charge is 2.44. The van der Waals surface area contributed by atoms with Crippen molar-refractivity contribution in [2.45, 2.75) is 5.79 Å². The molecule has 1 N–H and O–H groups in total. The number of rotatable bonds is 2. The van der Waals surface area contributed by atoms with Gasteiger partial charge in [0.05, 0.1) is 11.5 Å². The fraction of sp³-hybridized carbons (Fsp3) is 0.364. The van der Waals surface area contributed by atoms with E-state index in [2.05, 4.69) is 0 Å². The maximum absolute atomic E-state index is 11.9. The van der Waals surface area contributed by atoms with Crippen LogP contribution < -0.4 is 0 Å². The normalized spacial score (nSPS) is 24.1. The lowest BCUT2D eigenvalue weighted by Crippen LogP contribution is -2.53. The molecule has 96 valence electrons. The molecule has 1 fully saturated rings. The van der Waals surface area contributed by atoms with Gasteiger partial charge in [-0.05, 0) is 12.1 Å². The molecule has 1 saturated heterocycles. The smallest absolute Gasteiger partial charge is 0.287 e. The van der Waals surface area contributed by atoms with Gasteiger partial charge in [0.25, 0.3) is 17.4 Å². The number of ether oxygens (including phenoxy) is 1. The Labute approximate surface area is 103 Å². The lowest BCUT2D eigenvalue weighted by Gasteiger charge is -2.36. The van der Waals surface area contributed by atoms with Crippen LogP contribution in [0.3, 0.4) is 0 Å². The van der Waals surface area contributed by atoms with Crippen molar-refractivity contribution in [1.29, 1.82) is 0 Å². The molecule has 7 nitrogen and oxygen atoms in total. The van der Waals surface area contributed by atoms with E-state index in [0.717, 1.165) is 0 Å². The number of benzene rings is 1. The lowest BCUT2D eigenvalue weighted by atomic mass is 10.0. The summed E-state index contributed by atoms with van der Waals surface area (Å²) < 4.78 is 5.13. The van der Waals surface area contributed by atoms with Crippen molar-refractivity contribution < 1.29 is 19.6 Å². The molecule has 0 aromatic heterocycles. The summed E-state index contributed by atoms with van der Waals surface area (Å²) in [6.07, 6.45) is 0. The Balaban J connectivity index is 2.34. The van der Waals surface area contributed by atoms with Crippen LogP contribution in [0, 0.1) is 10.1 Å². The molecule has 18 heavy (non-hydrogen) atoms. The van der Waals surface area contributed by atoms with Gasteiger partial charge in [0, 0.05) is 31.3 Å². The molecule has 7 heteroatoms. The van der Waals surface area contributed by atoms with Gasteiger partial charge >= 0.3 is 0 Å². The summed E-state index contributed by atoms with van der Waals surface area (Å²) in [6, 6.07) is 5.07. The quantitative estimate of drug-likeness (QED) is 0.600. The van der Waals surface area contributed by atoms with E-state index in [1.54, 1.807) is 7.05 Å². The van der Waals surface area contributed by atoms with E-state index in [9.17, 15) is 20.0 Å². The van der Waals surface area contributed by atoms with E-state index in [1.807, 2.05) is 0 Å². The van der Waals surface area contributed by atoms with E-state index >= 15 is 0 Å². The monoisotopic (exact) mass is 252 g/mol. The largest absolute Gasteiger partial charge is 0.354 e. The minimum atomic E-state index is -2.05. The molecule has 1 unspecified atom stereocenters. The topological polar surface area (TPSA) is 92.9 Å². The Bertz CT molecular complexity index is 487. The van der Waals surface area contributed by atoms with E-state index in [0.29, 0.717) is 6.54 Å². The number of carbonyl (C=O) groups excluding carboxylic acids is 1. The van der Waals surface area contributed by atoms with Gasteiger partial charge in [-0.25, -0.2) is 0 Å². The molecule has 0 saturated carbocycles. The van der Waals surface area contributed by atoms with Crippen LogP contribution in [0.4, 0.5) is 5.69 Å². The molecule has 0 radical (unpaired) electrons. The van der Waals surface area contributed by atoms with E-state index < -0.39 is 16.6 Å². The molecule has 1 heterocycles. The first-order valence-corrected chi connectivity index (χ1v) is 5.32. The van der Waals surface area contributed by atoms with E-state index in [4.69, 9.17) is 4.74 Å². The van der Waals surface area contributed by atoms with E-state index in [1.165, 1.54) is 29.2 Å². The number of nitro groups is 1. The van der Waals surface area contributed by atoms with Crippen molar-refractivity contribution in [1.82, 2.24) is 4.90 Å². The van der Waals surface area contributed by atoms with Gasteiger partial charge in [0.15, 0.2) is 0 Å². The Morgan fingerprint density at radius 3 is 2.61 bits per heavy atom. The van der Waals surface area contributed by atoms with Gasteiger partial charge in [0.1, 0.15) is 0 Å². The Kier molecular flexibility index (Phi) is 3.02. The average Bonchev–Trinajstić information content (AvgIpc) is 2.36. The number of likely N-dealkylation sites (N-methyl/N-ethyl adjacent to an activating group) is 1. The minimum Gasteiger partial charge on any atom is -0.354 e. The third-order valence-electron chi connectivity index (χ3n) is 2.84. The third kappa shape index (κ3) is 1.93. The summed E-state index contributed by atoms with van der Waals surface area (Å²) in [7, 11) is 1.56. The number of aliphatic hydroxyl groups is 1. The molecule has 0 bridgehead atoms. The zero-order chi connectivity index (χ0) is 13.3.